The van der Waals surface area contributed by atoms with Crippen molar-refractivity contribution in [3.05, 3.63) is 60.0 Å². The maximum absolute atomic E-state index is 12.2. The number of aryl methyl sites for hydroxylation is 2. The number of carbonyl (C=O) groups excluding carboxylic acids is 1. The van der Waals surface area contributed by atoms with Gasteiger partial charge >= 0.3 is 0 Å². The lowest BCUT2D eigenvalue weighted by Crippen LogP contribution is -2.03. The number of nitrogen functional groups attached to an aromatic ring is 1. The standard InChI is InChI=1S/C22H23N5O/c1-15-25-20-21(19-17(26-22(20)23)11-8-13-24-19)27(15)14-7-3-6-12-18(28)16-9-4-2-5-10-16/h2,4-5,8-11,13H,3,6-7,12,14H2,1H3,(H2,23,26). The second-order valence-electron chi connectivity index (χ2n) is 6.98. The van der Waals surface area contributed by atoms with Gasteiger partial charge in [0.15, 0.2) is 11.6 Å². The molecule has 0 unspecified atom stereocenters. The van der Waals surface area contributed by atoms with Gasteiger partial charge in [-0.1, -0.05) is 36.8 Å². The van der Waals surface area contributed by atoms with Crippen LogP contribution in [0.5, 0.6) is 0 Å². The molecule has 2 N–H and O–H groups in total. The van der Waals surface area contributed by atoms with E-state index in [1.54, 1.807) is 6.20 Å². The number of anilines is 1. The summed E-state index contributed by atoms with van der Waals surface area (Å²) in [5.74, 6) is 1.55. The molecule has 6 heteroatoms. The first-order valence-electron chi connectivity index (χ1n) is 9.60. The summed E-state index contributed by atoms with van der Waals surface area (Å²) < 4.78 is 2.17. The average molecular weight is 373 g/mol. The first-order chi connectivity index (χ1) is 13.6. The molecule has 4 aromatic rings. The van der Waals surface area contributed by atoms with E-state index in [-0.39, 0.29) is 5.78 Å². The molecule has 0 aliphatic carbocycles. The predicted molar refractivity (Wildman–Crippen MR) is 111 cm³/mol. The van der Waals surface area contributed by atoms with Crippen molar-refractivity contribution in [3.63, 3.8) is 0 Å². The van der Waals surface area contributed by atoms with Gasteiger partial charge in [0.05, 0.1) is 5.52 Å². The molecule has 3 heterocycles. The number of imidazole rings is 1. The van der Waals surface area contributed by atoms with E-state index in [1.807, 2.05) is 49.4 Å². The van der Waals surface area contributed by atoms with Crippen LogP contribution in [0.15, 0.2) is 48.7 Å². The number of rotatable bonds is 7. The number of benzene rings is 1. The molecule has 0 aliphatic rings. The van der Waals surface area contributed by atoms with Crippen molar-refractivity contribution >= 4 is 33.7 Å². The third-order valence-corrected chi connectivity index (χ3v) is 5.03. The van der Waals surface area contributed by atoms with Crippen molar-refractivity contribution in [2.75, 3.05) is 5.73 Å². The summed E-state index contributed by atoms with van der Waals surface area (Å²) in [6.45, 7) is 2.80. The van der Waals surface area contributed by atoms with Crippen LogP contribution in [0.1, 0.15) is 41.9 Å². The van der Waals surface area contributed by atoms with Gasteiger partial charge in [0.2, 0.25) is 0 Å². The van der Waals surface area contributed by atoms with E-state index in [1.165, 1.54) is 0 Å². The molecule has 0 radical (unpaired) electrons. The molecule has 0 aliphatic heterocycles. The minimum atomic E-state index is 0.207. The van der Waals surface area contributed by atoms with E-state index in [4.69, 9.17) is 5.73 Å². The third kappa shape index (κ3) is 3.45. The monoisotopic (exact) mass is 373 g/mol. The largest absolute Gasteiger partial charge is 0.382 e. The molecular weight excluding hydrogens is 350 g/mol. The highest BCUT2D eigenvalue weighted by Gasteiger charge is 2.15. The van der Waals surface area contributed by atoms with E-state index in [9.17, 15) is 4.79 Å². The molecule has 0 atom stereocenters. The number of hydrogen-bond donors (Lipinski definition) is 1. The molecule has 0 amide bonds. The van der Waals surface area contributed by atoms with Crippen molar-refractivity contribution in [2.24, 2.45) is 0 Å². The fourth-order valence-electron chi connectivity index (χ4n) is 3.61. The Morgan fingerprint density at radius 3 is 2.64 bits per heavy atom. The minimum Gasteiger partial charge on any atom is -0.382 e. The minimum absolute atomic E-state index is 0.207. The molecule has 4 rings (SSSR count). The van der Waals surface area contributed by atoms with Gasteiger partial charge in [-0.25, -0.2) is 9.97 Å². The lowest BCUT2D eigenvalue weighted by molar-refractivity contribution is 0.0979. The van der Waals surface area contributed by atoms with Crippen LogP contribution >= 0.6 is 0 Å². The Labute approximate surface area is 163 Å². The fourth-order valence-corrected chi connectivity index (χ4v) is 3.61. The molecule has 0 bridgehead atoms. The first kappa shape index (κ1) is 18.1. The molecular formula is C22H23N5O. The Hall–Kier alpha value is -3.28. The molecule has 6 nitrogen and oxygen atoms in total. The van der Waals surface area contributed by atoms with Crippen LogP contribution in [0.4, 0.5) is 5.82 Å². The Bertz CT molecular complexity index is 1130. The van der Waals surface area contributed by atoms with Gasteiger partial charge in [-0.15, -0.1) is 0 Å². The molecule has 142 valence electrons. The summed E-state index contributed by atoms with van der Waals surface area (Å²) in [6.07, 6.45) is 5.16. The zero-order valence-electron chi connectivity index (χ0n) is 15.9. The van der Waals surface area contributed by atoms with Crippen molar-refractivity contribution in [1.82, 2.24) is 19.5 Å². The number of nitrogens with zero attached hydrogens (tertiary/aromatic N) is 4. The number of hydrogen-bond acceptors (Lipinski definition) is 5. The van der Waals surface area contributed by atoms with E-state index < -0.39 is 0 Å². The quantitative estimate of drug-likeness (QED) is 0.385. The van der Waals surface area contributed by atoms with Crippen molar-refractivity contribution in [1.29, 1.82) is 0 Å². The number of unbranched alkanes of at least 4 members (excludes halogenated alkanes) is 2. The highest BCUT2D eigenvalue weighted by molar-refractivity contribution is 6.04. The third-order valence-electron chi connectivity index (χ3n) is 5.03. The smallest absolute Gasteiger partial charge is 0.162 e. The Balaban J connectivity index is 1.45. The summed E-state index contributed by atoms with van der Waals surface area (Å²) >= 11 is 0. The van der Waals surface area contributed by atoms with Crippen LogP contribution in [0, 0.1) is 6.92 Å². The zero-order valence-corrected chi connectivity index (χ0v) is 15.9. The Kier molecular flexibility index (Phi) is 5.02. The Morgan fingerprint density at radius 1 is 1.00 bits per heavy atom. The van der Waals surface area contributed by atoms with Gasteiger partial charge in [0, 0.05) is 24.7 Å². The molecule has 0 saturated heterocycles. The first-order valence-corrected chi connectivity index (χ1v) is 9.60. The van der Waals surface area contributed by atoms with Gasteiger partial charge in [-0.3, -0.25) is 9.78 Å². The van der Waals surface area contributed by atoms with E-state index in [0.717, 1.165) is 53.7 Å². The van der Waals surface area contributed by atoms with Crippen LogP contribution in [-0.2, 0) is 6.54 Å². The lowest BCUT2D eigenvalue weighted by Gasteiger charge is -2.09. The summed E-state index contributed by atoms with van der Waals surface area (Å²) in [6, 6.07) is 13.3. The lowest BCUT2D eigenvalue weighted by atomic mass is 10.0. The maximum Gasteiger partial charge on any atom is 0.162 e. The second kappa shape index (κ2) is 7.76. The zero-order chi connectivity index (χ0) is 19.5. The average Bonchev–Trinajstić information content (AvgIpc) is 3.05. The van der Waals surface area contributed by atoms with Gasteiger partial charge in [0.1, 0.15) is 22.4 Å². The van der Waals surface area contributed by atoms with E-state index >= 15 is 0 Å². The van der Waals surface area contributed by atoms with Crippen molar-refractivity contribution < 1.29 is 4.79 Å². The number of nitrogens with two attached hydrogens (primary N) is 1. The van der Waals surface area contributed by atoms with Crippen molar-refractivity contribution in [2.45, 2.75) is 39.2 Å². The molecule has 28 heavy (non-hydrogen) atoms. The van der Waals surface area contributed by atoms with Crippen LogP contribution in [0.3, 0.4) is 0 Å². The Morgan fingerprint density at radius 2 is 1.82 bits per heavy atom. The second-order valence-corrected chi connectivity index (χ2v) is 6.98. The number of ketones is 1. The maximum atomic E-state index is 12.2. The van der Waals surface area contributed by atoms with E-state index in [2.05, 4.69) is 19.5 Å². The topological polar surface area (TPSA) is 86.7 Å². The molecule has 0 saturated carbocycles. The van der Waals surface area contributed by atoms with Gasteiger partial charge in [-0.05, 0) is 31.9 Å². The number of fused-ring (bicyclic) bond motifs is 3. The highest BCUT2D eigenvalue weighted by atomic mass is 16.1. The number of pyridine rings is 2. The summed E-state index contributed by atoms with van der Waals surface area (Å²) in [5, 5.41) is 0. The number of Topliss-reactive ketones (excluding diaryl/α,β-unsaturated/α-hetero) is 1. The van der Waals surface area contributed by atoms with Gasteiger partial charge in [0.25, 0.3) is 0 Å². The van der Waals surface area contributed by atoms with Crippen LogP contribution in [0.25, 0.3) is 22.1 Å². The van der Waals surface area contributed by atoms with Crippen LogP contribution < -0.4 is 5.73 Å². The van der Waals surface area contributed by atoms with Crippen LogP contribution in [0.2, 0.25) is 0 Å². The predicted octanol–water partition coefficient (Wildman–Crippen LogP) is 4.31. The molecule has 3 aromatic heterocycles. The highest BCUT2D eigenvalue weighted by Crippen LogP contribution is 2.27. The van der Waals surface area contributed by atoms with Gasteiger partial charge in [-0.2, -0.15) is 0 Å². The van der Waals surface area contributed by atoms with Gasteiger partial charge < -0.3 is 10.3 Å². The van der Waals surface area contributed by atoms with Crippen molar-refractivity contribution in [3.8, 4) is 0 Å². The van der Waals surface area contributed by atoms with E-state index in [0.29, 0.717) is 17.8 Å². The fraction of sp³-hybridized carbons (Fsp3) is 0.273. The van der Waals surface area contributed by atoms with Crippen LogP contribution in [-0.4, -0.2) is 25.3 Å². The number of aromatic nitrogens is 4. The molecule has 0 fully saturated rings. The number of carbonyl (C=O) groups is 1. The molecule has 0 spiro atoms. The summed E-state index contributed by atoms with van der Waals surface area (Å²) in [5.41, 5.74) is 10.2. The summed E-state index contributed by atoms with van der Waals surface area (Å²) in [7, 11) is 0. The normalized spacial score (nSPS) is 11.3. The SMILES string of the molecule is Cc1nc2c(N)nc3cccnc3c2n1CCCCCC(=O)c1ccccc1. The summed E-state index contributed by atoms with van der Waals surface area (Å²) in [4.78, 5) is 25.7. The molecule has 1 aromatic carbocycles.